The summed E-state index contributed by atoms with van der Waals surface area (Å²) in [6.07, 6.45) is -0.357. The molecule has 7 nitrogen and oxygen atoms in total. The van der Waals surface area contributed by atoms with Crippen molar-refractivity contribution < 1.29 is 80.3 Å². The molecule has 0 aliphatic carbocycles. The second-order valence-electron chi connectivity index (χ2n) is 3.18. The second kappa shape index (κ2) is 9.40. The summed E-state index contributed by atoms with van der Waals surface area (Å²) >= 11 is 0.548. The Labute approximate surface area is 137 Å². The summed E-state index contributed by atoms with van der Waals surface area (Å²) in [4.78, 5) is 34.6. The van der Waals surface area contributed by atoms with Crippen LogP contribution in [-0.4, -0.2) is 48.0 Å². The summed E-state index contributed by atoms with van der Waals surface area (Å²) in [5.74, 6) is -0.988. The van der Waals surface area contributed by atoms with Gasteiger partial charge in [-0.3, -0.25) is 0 Å². The Hall–Kier alpha value is 0.465. The Balaban J connectivity index is 0. The van der Waals surface area contributed by atoms with Crippen LogP contribution in [0.5, 0.6) is 0 Å². The van der Waals surface area contributed by atoms with Gasteiger partial charge in [-0.05, 0) is 0 Å². The minimum atomic E-state index is -0.639. The summed E-state index contributed by atoms with van der Waals surface area (Å²) < 4.78 is 6.01. The van der Waals surface area contributed by atoms with Crippen LogP contribution in [0.2, 0.25) is 3.93 Å². The molecule has 0 radical (unpaired) electrons. The van der Waals surface area contributed by atoms with E-state index in [0.717, 1.165) is 8.83 Å². The van der Waals surface area contributed by atoms with E-state index in [2.05, 4.69) is 5.32 Å². The van der Waals surface area contributed by atoms with Gasteiger partial charge in [0.05, 0.1) is 0 Å². The number of carbonyl (C=O) groups is 3. The molecule has 1 heterocycles. The van der Waals surface area contributed by atoms with Gasteiger partial charge >= 0.3 is 133 Å². The maximum atomic E-state index is 11.4. The largest absolute Gasteiger partial charge is 1.00 e. The zero-order valence-corrected chi connectivity index (χ0v) is 17.4. The van der Waals surface area contributed by atoms with Crippen LogP contribution in [0.3, 0.4) is 0 Å². The first-order valence-electron chi connectivity index (χ1n) is 4.54. The van der Waals surface area contributed by atoms with Crippen LogP contribution in [-0.2, 0) is 40.4 Å². The third kappa shape index (κ3) is 5.76. The predicted molar refractivity (Wildman–Crippen MR) is 47.4 cm³/mol. The standard InChI is InChI=1S/C8H11N2O4.Hg.Na.H2O/c1-5(14-2)4-10-7(12)3-6(11)9-8(10)13;;;/h5H,1,3-4H2,2H3,(H,9,11,13);;;1H2/q;;+1;/p-1. The van der Waals surface area contributed by atoms with E-state index in [1.807, 2.05) is 0 Å². The van der Waals surface area contributed by atoms with Gasteiger partial charge in [-0.25, -0.2) is 0 Å². The Morgan fingerprint density at radius 2 is 2.06 bits per heavy atom. The van der Waals surface area contributed by atoms with Crippen molar-refractivity contribution >= 4 is 17.8 Å². The summed E-state index contributed by atoms with van der Waals surface area (Å²) in [6.45, 7) is 0.234. The van der Waals surface area contributed by atoms with Crippen molar-refractivity contribution in [3.63, 3.8) is 0 Å². The molecule has 0 aromatic heterocycles. The number of carbonyl (C=O) groups excluding carboxylic acids is 3. The number of barbiturate groups is 1. The Morgan fingerprint density at radius 3 is 2.47 bits per heavy atom. The van der Waals surface area contributed by atoms with Crippen molar-refractivity contribution in [2.45, 2.75) is 16.5 Å². The molecule has 4 amide bonds. The van der Waals surface area contributed by atoms with Gasteiger partial charge in [0.2, 0.25) is 0 Å². The van der Waals surface area contributed by atoms with Crippen LogP contribution < -0.4 is 34.9 Å². The van der Waals surface area contributed by atoms with E-state index >= 15 is 0 Å². The summed E-state index contributed by atoms with van der Waals surface area (Å²) in [6, 6.07) is -0.639. The van der Waals surface area contributed by atoms with E-state index in [4.69, 9.17) is 4.74 Å². The number of amides is 4. The molecule has 1 unspecified atom stereocenters. The number of nitrogens with zero attached hydrogens (tertiary/aromatic N) is 1. The number of hydrogen-bond donors (Lipinski definition) is 1. The molecule has 87 valence electrons. The molecular weight excluding hydrogens is 428 g/mol. The third-order valence-electron chi connectivity index (χ3n) is 2.15. The molecule has 0 aromatic rings. The molecule has 9 heteroatoms. The van der Waals surface area contributed by atoms with E-state index < -0.39 is 17.8 Å². The molecule has 17 heavy (non-hydrogen) atoms. The number of nitrogens with one attached hydrogen (secondary N) is 1. The zero-order chi connectivity index (χ0) is 11.4. The van der Waals surface area contributed by atoms with Crippen LogP contribution in [0.15, 0.2) is 0 Å². The van der Waals surface area contributed by atoms with E-state index in [1.165, 1.54) is 0 Å². The molecule has 0 spiro atoms. The van der Waals surface area contributed by atoms with Gasteiger partial charge < -0.3 is 5.48 Å². The van der Waals surface area contributed by atoms with Gasteiger partial charge in [0.25, 0.3) is 0 Å². The van der Waals surface area contributed by atoms with Crippen LogP contribution in [0, 0.1) is 0 Å². The minimum Gasteiger partial charge on any atom is -0.870 e. The van der Waals surface area contributed by atoms with Crippen molar-refractivity contribution in [3.05, 3.63) is 0 Å². The molecule has 1 aliphatic heterocycles. The predicted octanol–water partition coefficient (Wildman–Crippen LogP) is -3.74. The summed E-state index contributed by atoms with van der Waals surface area (Å²) in [5.41, 5.74) is 0. The van der Waals surface area contributed by atoms with Crippen LogP contribution in [0.4, 0.5) is 4.79 Å². The average Bonchev–Trinajstić information content (AvgIpc) is 2.17. The van der Waals surface area contributed by atoms with Crippen molar-refractivity contribution in [1.29, 1.82) is 0 Å². The third-order valence-corrected chi connectivity index (χ3v) is 4.65. The maximum Gasteiger partial charge on any atom is 1.00 e. The number of hydrogen-bond acceptors (Lipinski definition) is 5. The molecule has 1 atom stereocenters. The molecular formula is C8H12HgN2NaO5. The maximum absolute atomic E-state index is 11.4. The number of rotatable bonds is 4. The van der Waals surface area contributed by atoms with E-state index in [-0.39, 0.29) is 54.1 Å². The Bertz CT molecular complexity index is 278. The normalized spacial score (nSPS) is 16.9. The van der Waals surface area contributed by atoms with Crippen LogP contribution >= 0.6 is 0 Å². The molecule has 0 saturated carbocycles. The van der Waals surface area contributed by atoms with Gasteiger partial charge in [-0.1, -0.05) is 0 Å². The van der Waals surface area contributed by atoms with Gasteiger partial charge in [-0.2, -0.15) is 0 Å². The molecule has 1 rings (SSSR count). The van der Waals surface area contributed by atoms with Crippen molar-refractivity contribution in [3.8, 4) is 0 Å². The van der Waals surface area contributed by atoms with Crippen LogP contribution in [0.25, 0.3) is 0 Å². The molecule has 1 fully saturated rings. The smallest absolute Gasteiger partial charge is 0.870 e. The van der Waals surface area contributed by atoms with Gasteiger partial charge in [-0.15, -0.1) is 0 Å². The van der Waals surface area contributed by atoms with Gasteiger partial charge in [0.1, 0.15) is 0 Å². The number of methoxy groups -OCH3 is 1. The first kappa shape index (κ1) is 19.8. The summed E-state index contributed by atoms with van der Waals surface area (Å²) in [7, 11) is 1.55. The van der Waals surface area contributed by atoms with Gasteiger partial charge in [0, 0.05) is 0 Å². The monoisotopic (exact) mass is 441 g/mol. The summed E-state index contributed by atoms with van der Waals surface area (Å²) in [5, 5.41) is 2.10. The SMILES string of the molecule is COC([CH2][Hg])CN1C(=O)CC(=O)NC1=O.[Na+].[OH-]. The quantitative estimate of drug-likeness (QED) is 0.358. The van der Waals surface area contributed by atoms with Crippen LogP contribution in [0.1, 0.15) is 6.42 Å². The van der Waals surface area contributed by atoms with Crippen molar-refractivity contribution in [2.24, 2.45) is 0 Å². The first-order chi connectivity index (χ1) is 7.08. The van der Waals surface area contributed by atoms with E-state index in [0.29, 0.717) is 26.1 Å². The zero-order valence-electron chi connectivity index (χ0n) is 9.93. The Morgan fingerprint density at radius 1 is 1.47 bits per heavy atom. The molecule has 1 aliphatic rings. The van der Waals surface area contributed by atoms with Gasteiger partial charge in [0.15, 0.2) is 0 Å². The average molecular weight is 440 g/mol. The molecule has 1 saturated heterocycles. The van der Waals surface area contributed by atoms with Crippen molar-refractivity contribution in [2.75, 3.05) is 13.7 Å². The number of imide groups is 2. The first-order valence-corrected chi connectivity index (χ1v) is 8.43. The topological polar surface area (TPSA) is 106 Å². The molecule has 0 bridgehead atoms. The second-order valence-corrected chi connectivity index (χ2v) is 5.43. The minimum absolute atomic E-state index is 0. The number of ether oxygens (including phenoxy) is 1. The van der Waals surface area contributed by atoms with E-state index in [9.17, 15) is 14.4 Å². The van der Waals surface area contributed by atoms with E-state index in [1.54, 1.807) is 7.11 Å². The van der Waals surface area contributed by atoms with Crippen molar-refractivity contribution in [1.82, 2.24) is 10.2 Å². The fourth-order valence-corrected chi connectivity index (χ4v) is 2.88. The fraction of sp³-hybridized carbons (Fsp3) is 0.625. The molecule has 0 aromatic carbocycles. The fourth-order valence-electron chi connectivity index (χ4n) is 1.25. The number of urea groups is 1. The Kier molecular flexibility index (Phi) is 10.9. The molecule has 2 N–H and O–H groups in total.